The average molecular weight is 186 g/mol. The summed E-state index contributed by atoms with van der Waals surface area (Å²) < 4.78 is 10.1. The second-order valence-corrected chi connectivity index (χ2v) is 3.42. The van der Waals surface area contributed by atoms with Gasteiger partial charge in [0.15, 0.2) is 0 Å². The molecule has 1 heterocycles. The molecular formula is C10H18O3. The van der Waals surface area contributed by atoms with Crippen LogP contribution in [0.1, 0.15) is 39.0 Å². The van der Waals surface area contributed by atoms with E-state index in [1.165, 1.54) is 0 Å². The van der Waals surface area contributed by atoms with Crippen LogP contribution in [0.3, 0.4) is 0 Å². The molecule has 0 saturated carbocycles. The highest BCUT2D eigenvalue weighted by atomic mass is 16.6. The molecule has 0 aliphatic carbocycles. The minimum atomic E-state index is -0.0647. The molecule has 1 rings (SSSR count). The van der Waals surface area contributed by atoms with Crippen LogP contribution in [-0.2, 0) is 14.3 Å². The Labute approximate surface area is 79.4 Å². The third-order valence-corrected chi connectivity index (χ3v) is 2.04. The fourth-order valence-corrected chi connectivity index (χ4v) is 1.17. The molecule has 1 saturated heterocycles. The molecule has 1 fully saturated rings. The molecule has 0 amide bonds. The van der Waals surface area contributed by atoms with E-state index < -0.39 is 0 Å². The van der Waals surface area contributed by atoms with Gasteiger partial charge in [0.1, 0.15) is 0 Å². The molecule has 0 aromatic rings. The predicted molar refractivity (Wildman–Crippen MR) is 49.5 cm³/mol. The Morgan fingerprint density at radius 2 is 2.31 bits per heavy atom. The number of carbonyl (C=O) groups is 1. The first-order valence-corrected chi connectivity index (χ1v) is 5.10. The lowest BCUT2D eigenvalue weighted by molar-refractivity contribution is -0.143. The zero-order valence-electron chi connectivity index (χ0n) is 8.25. The van der Waals surface area contributed by atoms with Gasteiger partial charge in [-0.2, -0.15) is 0 Å². The molecule has 1 atom stereocenters. The van der Waals surface area contributed by atoms with Gasteiger partial charge in [0.25, 0.3) is 0 Å². The molecule has 0 radical (unpaired) electrons. The fraction of sp³-hybridized carbons (Fsp3) is 0.900. The maximum Gasteiger partial charge on any atom is 0.305 e. The van der Waals surface area contributed by atoms with Crippen molar-refractivity contribution in [2.75, 3.05) is 13.2 Å². The first kappa shape index (κ1) is 10.5. The molecule has 0 N–H and O–H groups in total. The molecule has 0 aromatic heterocycles. The molecule has 0 aromatic carbocycles. The number of hydrogen-bond donors (Lipinski definition) is 0. The number of hydrogen-bond acceptors (Lipinski definition) is 3. The Balaban J connectivity index is 1.79. The highest BCUT2D eigenvalue weighted by molar-refractivity contribution is 5.69. The van der Waals surface area contributed by atoms with Crippen molar-refractivity contribution in [1.29, 1.82) is 0 Å². The molecule has 0 spiro atoms. The first-order chi connectivity index (χ1) is 6.33. The predicted octanol–water partition coefficient (Wildman–Crippen LogP) is 1.90. The second-order valence-electron chi connectivity index (χ2n) is 3.42. The van der Waals surface area contributed by atoms with E-state index in [0.717, 1.165) is 32.3 Å². The third kappa shape index (κ3) is 5.64. The van der Waals surface area contributed by atoms with Crippen molar-refractivity contribution in [2.45, 2.75) is 45.1 Å². The molecule has 1 aliphatic rings. The van der Waals surface area contributed by atoms with Crippen molar-refractivity contribution in [3.05, 3.63) is 0 Å². The van der Waals surface area contributed by atoms with Crippen LogP contribution >= 0.6 is 0 Å². The number of epoxide rings is 1. The molecule has 3 nitrogen and oxygen atoms in total. The van der Waals surface area contributed by atoms with Crippen LogP contribution in [0.5, 0.6) is 0 Å². The normalized spacial score (nSPS) is 19.9. The van der Waals surface area contributed by atoms with Gasteiger partial charge in [-0.3, -0.25) is 4.79 Å². The largest absolute Gasteiger partial charge is 0.466 e. The minimum absolute atomic E-state index is 0.0647. The van der Waals surface area contributed by atoms with E-state index in [1.54, 1.807) is 0 Å². The van der Waals surface area contributed by atoms with Gasteiger partial charge in [-0.25, -0.2) is 0 Å². The summed E-state index contributed by atoms with van der Waals surface area (Å²) in [6.45, 7) is 3.48. The van der Waals surface area contributed by atoms with Crippen molar-refractivity contribution in [3.8, 4) is 0 Å². The lowest BCUT2D eigenvalue weighted by Crippen LogP contribution is -2.05. The van der Waals surface area contributed by atoms with Crippen molar-refractivity contribution in [3.63, 3.8) is 0 Å². The van der Waals surface area contributed by atoms with Crippen LogP contribution in [-0.4, -0.2) is 25.3 Å². The Kier molecular flexibility index (Phi) is 4.83. The average Bonchev–Trinajstić information content (AvgIpc) is 2.88. The Hall–Kier alpha value is -0.570. The lowest BCUT2D eigenvalue weighted by atomic mass is 10.2. The number of carbonyl (C=O) groups excluding carboxylic acids is 1. The van der Waals surface area contributed by atoms with Crippen LogP contribution in [0.2, 0.25) is 0 Å². The van der Waals surface area contributed by atoms with Gasteiger partial charge in [-0.15, -0.1) is 0 Å². The zero-order chi connectivity index (χ0) is 9.52. The van der Waals surface area contributed by atoms with E-state index in [1.807, 2.05) is 6.92 Å². The topological polar surface area (TPSA) is 38.8 Å². The van der Waals surface area contributed by atoms with Gasteiger partial charge in [-0.05, 0) is 25.7 Å². The first-order valence-electron chi connectivity index (χ1n) is 5.10. The van der Waals surface area contributed by atoms with Crippen molar-refractivity contribution in [1.82, 2.24) is 0 Å². The monoisotopic (exact) mass is 186 g/mol. The molecule has 3 heteroatoms. The van der Waals surface area contributed by atoms with Gasteiger partial charge in [0.2, 0.25) is 0 Å². The van der Waals surface area contributed by atoms with Crippen LogP contribution in [0.15, 0.2) is 0 Å². The highest BCUT2D eigenvalue weighted by Gasteiger charge is 2.20. The van der Waals surface area contributed by atoms with Crippen LogP contribution in [0, 0.1) is 0 Å². The summed E-state index contributed by atoms with van der Waals surface area (Å²) in [5.74, 6) is -0.0647. The van der Waals surface area contributed by atoms with Crippen LogP contribution in [0.25, 0.3) is 0 Å². The third-order valence-electron chi connectivity index (χ3n) is 2.04. The lowest BCUT2D eigenvalue weighted by Gasteiger charge is -2.02. The van der Waals surface area contributed by atoms with E-state index in [9.17, 15) is 4.79 Å². The smallest absolute Gasteiger partial charge is 0.305 e. The molecule has 0 bridgehead atoms. The number of rotatable bonds is 7. The van der Waals surface area contributed by atoms with Gasteiger partial charge in [0.05, 0.1) is 19.3 Å². The SMILES string of the molecule is CCCC(=O)OCCCCC1CO1. The van der Waals surface area contributed by atoms with Gasteiger partial charge >= 0.3 is 5.97 Å². The number of ether oxygens (including phenoxy) is 2. The fourth-order valence-electron chi connectivity index (χ4n) is 1.17. The summed E-state index contributed by atoms with van der Waals surface area (Å²) >= 11 is 0. The summed E-state index contributed by atoms with van der Waals surface area (Å²) in [4.78, 5) is 10.9. The van der Waals surface area contributed by atoms with Crippen LogP contribution in [0.4, 0.5) is 0 Å². The summed E-state index contributed by atoms with van der Waals surface area (Å²) in [6.07, 6.45) is 5.11. The van der Waals surface area contributed by atoms with Crippen molar-refractivity contribution < 1.29 is 14.3 Å². The van der Waals surface area contributed by atoms with E-state index >= 15 is 0 Å². The van der Waals surface area contributed by atoms with Crippen molar-refractivity contribution >= 4 is 5.97 Å². The summed E-state index contributed by atoms with van der Waals surface area (Å²) in [5.41, 5.74) is 0. The van der Waals surface area contributed by atoms with E-state index in [4.69, 9.17) is 9.47 Å². The number of unbranched alkanes of at least 4 members (excludes halogenated alkanes) is 1. The minimum Gasteiger partial charge on any atom is -0.466 e. The quantitative estimate of drug-likeness (QED) is 0.346. The maximum atomic E-state index is 10.9. The zero-order valence-corrected chi connectivity index (χ0v) is 8.25. The molecular weight excluding hydrogens is 168 g/mol. The van der Waals surface area contributed by atoms with Gasteiger partial charge in [0, 0.05) is 6.42 Å². The van der Waals surface area contributed by atoms with E-state index in [-0.39, 0.29) is 5.97 Å². The van der Waals surface area contributed by atoms with Gasteiger partial charge < -0.3 is 9.47 Å². The van der Waals surface area contributed by atoms with Gasteiger partial charge in [-0.1, -0.05) is 6.92 Å². The Bertz CT molecular complexity index is 152. The molecule has 1 unspecified atom stereocenters. The Morgan fingerprint density at radius 3 is 2.92 bits per heavy atom. The summed E-state index contributed by atoms with van der Waals surface area (Å²) in [6, 6.07) is 0. The standard InChI is InChI=1S/C10H18O3/c1-2-5-10(11)12-7-4-3-6-9-8-13-9/h9H,2-8H2,1H3. The van der Waals surface area contributed by atoms with Crippen molar-refractivity contribution in [2.24, 2.45) is 0 Å². The summed E-state index contributed by atoms with van der Waals surface area (Å²) in [5, 5.41) is 0. The highest BCUT2D eigenvalue weighted by Crippen LogP contribution is 2.16. The number of esters is 1. The second kappa shape index (κ2) is 5.97. The molecule has 1 aliphatic heterocycles. The summed E-state index contributed by atoms with van der Waals surface area (Å²) in [7, 11) is 0. The van der Waals surface area contributed by atoms with Crippen LogP contribution < -0.4 is 0 Å². The molecule has 13 heavy (non-hydrogen) atoms. The molecule has 76 valence electrons. The Morgan fingerprint density at radius 1 is 1.54 bits per heavy atom. The van der Waals surface area contributed by atoms with E-state index in [2.05, 4.69) is 0 Å². The maximum absolute atomic E-state index is 10.9. The van der Waals surface area contributed by atoms with E-state index in [0.29, 0.717) is 19.1 Å².